The third-order valence-electron chi connectivity index (χ3n) is 4.10. The van der Waals surface area contributed by atoms with Crippen molar-refractivity contribution < 1.29 is 14.3 Å². The van der Waals surface area contributed by atoms with Gasteiger partial charge in [0.2, 0.25) is 5.91 Å². The van der Waals surface area contributed by atoms with Gasteiger partial charge in [0.05, 0.1) is 13.5 Å². The maximum Gasteiger partial charge on any atom is 0.231 e. The van der Waals surface area contributed by atoms with Crippen LogP contribution in [0.1, 0.15) is 52.5 Å². The van der Waals surface area contributed by atoms with Gasteiger partial charge in [-0.25, -0.2) is 4.99 Å². The molecule has 0 aliphatic rings. The summed E-state index contributed by atoms with van der Waals surface area (Å²) in [5.74, 6) is 1.24. The van der Waals surface area contributed by atoms with Crippen molar-refractivity contribution in [2.24, 2.45) is 22.6 Å². The molecule has 1 atom stereocenters. The van der Waals surface area contributed by atoms with E-state index in [0.717, 1.165) is 12.0 Å². The number of nitrogens with zero attached hydrogens (tertiary/aromatic N) is 1. The average molecular weight is 376 g/mol. The molecule has 0 heterocycles. The van der Waals surface area contributed by atoms with Crippen LogP contribution in [-0.4, -0.2) is 30.8 Å². The highest BCUT2D eigenvalue weighted by Gasteiger charge is 2.20. The highest BCUT2D eigenvalue weighted by Crippen LogP contribution is 2.15. The number of carbonyl (C=O) groups is 2. The van der Waals surface area contributed by atoms with Crippen molar-refractivity contribution in [3.8, 4) is 5.75 Å². The van der Waals surface area contributed by atoms with E-state index in [1.54, 1.807) is 13.2 Å². The summed E-state index contributed by atoms with van der Waals surface area (Å²) in [6.45, 7) is 8.24. The molecule has 3 N–H and O–H groups in total. The van der Waals surface area contributed by atoms with Gasteiger partial charge < -0.3 is 10.5 Å². The van der Waals surface area contributed by atoms with Crippen LogP contribution < -0.4 is 15.8 Å². The highest BCUT2D eigenvalue weighted by atomic mass is 16.5. The van der Waals surface area contributed by atoms with Crippen molar-refractivity contribution in [1.29, 1.82) is 0 Å². The van der Waals surface area contributed by atoms with Crippen LogP contribution in [0.25, 0.3) is 0 Å². The van der Waals surface area contributed by atoms with E-state index < -0.39 is 6.04 Å². The van der Waals surface area contributed by atoms with Crippen molar-refractivity contribution in [3.63, 3.8) is 0 Å². The molecule has 1 aromatic carbocycles. The fourth-order valence-corrected chi connectivity index (χ4v) is 2.66. The van der Waals surface area contributed by atoms with Crippen LogP contribution in [0.4, 0.5) is 0 Å². The molecule has 1 amide bonds. The van der Waals surface area contributed by atoms with E-state index in [1.165, 1.54) is 0 Å². The van der Waals surface area contributed by atoms with Crippen molar-refractivity contribution in [2.75, 3.05) is 7.11 Å². The van der Waals surface area contributed by atoms with Gasteiger partial charge in [-0.2, -0.15) is 0 Å². The average Bonchev–Trinajstić information content (AvgIpc) is 2.58. The van der Waals surface area contributed by atoms with E-state index in [4.69, 9.17) is 10.5 Å². The molecule has 0 spiro atoms. The Morgan fingerprint density at radius 1 is 1.19 bits per heavy atom. The van der Waals surface area contributed by atoms with Crippen LogP contribution in [0.15, 0.2) is 29.3 Å². The molecule has 0 aliphatic carbocycles. The number of amides is 1. The van der Waals surface area contributed by atoms with Crippen LogP contribution in [0.2, 0.25) is 0 Å². The predicted molar refractivity (Wildman–Crippen MR) is 109 cm³/mol. The van der Waals surface area contributed by atoms with Crippen molar-refractivity contribution in [2.45, 2.75) is 59.4 Å². The molecule has 0 saturated heterocycles. The minimum atomic E-state index is -0.513. The van der Waals surface area contributed by atoms with Crippen LogP contribution in [0, 0.1) is 11.8 Å². The number of ether oxygens (including phenoxy) is 1. The lowest BCUT2D eigenvalue weighted by Crippen LogP contribution is -2.39. The Morgan fingerprint density at radius 2 is 1.89 bits per heavy atom. The predicted octanol–water partition coefficient (Wildman–Crippen LogP) is 3.09. The number of aliphatic imine (C=N–C) groups is 1. The lowest BCUT2D eigenvalue weighted by atomic mass is 9.96. The van der Waals surface area contributed by atoms with E-state index >= 15 is 0 Å². The number of Topliss-reactive ketones (excluding diaryl/α,β-unsaturated/α-hetero) is 1. The summed E-state index contributed by atoms with van der Waals surface area (Å²) in [6.07, 6.45) is 2.07. The van der Waals surface area contributed by atoms with E-state index in [0.29, 0.717) is 30.4 Å². The molecule has 6 nitrogen and oxygen atoms in total. The summed E-state index contributed by atoms with van der Waals surface area (Å²) in [4.78, 5) is 29.0. The van der Waals surface area contributed by atoms with Crippen molar-refractivity contribution in [1.82, 2.24) is 5.32 Å². The number of guanidine groups is 1. The van der Waals surface area contributed by atoms with Crippen LogP contribution in [-0.2, 0) is 16.0 Å². The number of hydrogen-bond acceptors (Lipinski definition) is 4. The summed E-state index contributed by atoms with van der Waals surface area (Å²) in [6, 6.07) is 6.76. The Hall–Kier alpha value is -2.37. The smallest absolute Gasteiger partial charge is 0.231 e. The molecule has 0 saturated carbocycles. The lowest BCUT2D eigenvalue weighted by molar-refractivity contribution is -0.121. The van der Waals surface area contributed by atoms with Gasteiger partial charge in [0.15, 0.2) is 11.7 Å². The van der Waals surface area contributed by atoms with Gasteiger partial charge in [-0.3, -0.25) is 14.9 Å². The molecule has 1 rings (SSSR count). The minimum Gasteiger partial charge on any atom is -0.497 e. The van der Waals surface area contributed by atoms with Crippen LogP contribution >= 0.6 is 0 Å². The Kier molecular flexibility index (Phi) is 9.54. The zero-order valence-electron chi connectivity index (χ0n) is 17.1. The summed E-state index contributed by atoms with van der Waals surface area (Å²) in [7, 11) is 1.58. The Labute approximate surface area is 162 Å². The number of nitrogens with two attached hydrogens (primary N) is 1. The van der Waals surface area contributed by atoms with E-state index in [1.807, 2.05) is 32.0 Å². The first-order valence-corrected chi connectivity index (χ1v) is 9.50. The third-order valence-corrected chi connectivity index (χ3v) is 4.10. The number of hydrogen-bond donors (Lipinski definition) is 2. The quantitative estimate of drug-likeness (QED) is 0.485. The van der Waals surface area contributed by atoms with Gasteiger partial charge in [0.1, 0.15) is 11.8 Å². The number of ketones is 1. The summed E-state index contributed by atoms with van der Waals surface area (Å²) in [5.41, 5.74) is 6.71. The fraction of sp³-hybridized carbons (Fsp3) is 0.571. The maximum absolute atomic E-state index is 12.5. The molecular weight excluding hydrogens is 342 g/mol. The van der Waals surface area contributed by atoms with E-state index in [2.05, 4.69) is 24.2 Å². The molecule has 0 bridgehead atoms. The first kappa shape index (κ1) is 22.7. The molecule has 0 unspecified atom stereocenters. The molecule has 6 heteroatoms. The molecule has 150 valence electrons. The summed E-state index contributed by atoms with van der Waals surface area (Å²) < 4.78 is 5.16. The largest absolute Gasteiger partial charge is 0.497 e. The normalized spacial score (nSPS) is 12.9. The Morgan fingerprint density at radius 3 is 2.48 bits per heavy atom. The highest BCUT2D eigenvalue weighted by molar-refractivity contribution is 5.98. The SMILES string of the molecule is COc1cccc(CC(=O)NC(N)=N[C@H](CC(C)C)C(=O)CCC(C)C)c1. The second kappa shape index (κ2) is 11.4. The number of benzene rings is 1. The van der Waals surface area contributed by atoms with Crippen LogP contribution in [0.3, 0.4) is 0 Å². The molecule has 1 aromatic rings. The molecule has 0 aliphatic heterocycles. The fourth-order valence-electron chi connectivity index (χ4n) is 2.66. The number of methoxy groups -OCH3 is 1. The maximum atomic E-state index is 12.5. The van der Waals surface area contributed by atoms with Gasteiger partial charge in [0, 0.05) is 6.42 Å². The van der Waals surface area contributed by atoms with E-state index in [9.17, 15) is 9.59 Å². The second-order valence-corrected chi connectivity index (χ2v) is 7.64. The number of nitrogens with one attached hydrogen (secondary N) is 1. The van der Waals surface area contributed by atoms with Crippen molar-refractivity contribution in [3.05, 3.63) is 29.8 Å². The molecule has 27 heavy (non-hydrogen) atoms. The van der Waals surface area contributed by atoms with Crippen LogP contribution in [0.5, 0.6) is 5.75 Å². The Bertz CT molecular complexity index is 654. The van der Waals surface area contributed by atoms with Gasteiger partial charge in [-0.1, -0.05) is 39.8 Å². The molecule has 0 fully saturated rings. The lowest BCUT2D eigenvalue weighted by Gasteiger charge is -2.16. The molecule has 0 aromatic heterocycles. The van der Waals surface area contributed by atoms with Crippen molar-refractivity contribution >= 4 is 17.6 Å². The van der Waals surface area contributed by atoms with E-state index in [-0.39, 0.29) is 24.1 Å². The summed E-state index contributed by atoms with van der Waals surface area (Å²) in [5, 5.41) is 2.59. The number of rotatable bonds is 10. The first-order valence-electron chi connectivity index (χ1n) is 9.50. The topological polar surface area (TPSA) is 93.8 Å². The molecule has 0 radical (unpaired) electrons. The zero-order valence-corrected chi connectivity index (χ0v) is 17.1. The number of carbonyl (C=O) groups excluding carboxylic acids is 2. The van der Waals surface area contributed by atoms with Gasteiger partial charge >= 0.3 is 0 Å². The van der Waals surface area contributed by atoms with Gasteiger partial charge in [-0.15, -0.1) is 0 Å². The monoisotopic (exact) mass is 375 g/mol. The van der Waals surface area contributed by atoms with Gasteiger partial charge in [-0.05, 0) is 42.4 Å². The Balaban J connectivity index is 2.72. The van der Waals surface area contributed by atoms with Gasteiger partial charge in [0.25, 0.3) is 0 Å². The third kappa shape index (κ3) is 9.22. The minimum absolute atomic E-state index is 0.00792. The standard InChI is InChI=1S/C21H33N3O3/c1-14(2)9-10-19(25)18(11-15(3)4)23-21(22)24-20(26)13-16-7-6-8-17(12-16)27-5/h6-8,12,14-15,18H,9-11,13H2,1-5H3,(H3,22,23,24,26)/t18-/m1/s1. The zero-order chi connectivity index (χ0) is 20.4. The summed E-state index contributed by atoms with van der Waals surface area (Å²) >= 11 is 0. The molecular formula is C21H33N3O3. The first-order chi connectivity index (χ1) is 12.7. The second-order valence-electron chi connectivity index (χ2n) is 7.64.